The van der Waals surface area contributed by atoms with E-state index in [0.29, 0.717) is 36.6 Å². The van der Waals surface area contributed by atoms with Crippen LogP contribution < -0.4 is 0 Å². The fourth-order valence-electron chi connectivity index (χ4n) is 2.59. The topological polar surface area (TPSA) is 74.8 Å². The van der Waals surface area contributed by atoms with Crippen molar-refractivity contribution in [2.75, 3.05) is 13.1 Å². The lowest BCUT2D eigenvalue weighted by atomic mass is 9.79. The number of aromatic nitrogens is 4. The van der Waals surface area contributed by atoms with Gasteiger partial charge in [-0.1, -0.05) is 12.1 Å². The fourth-order valence-corrected chi connectivity index (χ4v) is 3.42. The molecular formula is C13H15F2N5OS. The second-order valence-corrected chi connectivity index (χ2v) is 6.71. The smallest absolute Gasteiger partial charge is 0.272 e. The molecule has 1 fully saturated rings. The molecule has 0 aliphatic carbocycles. The number of aromatic amines is 1. The summed E-state index contributed by atoms with van der Waals surface area (Å²) < 4.78 is 25.2. The first-order chi connectivity index (χ1) is 10.5. The average molecular weight is 327 g/mol. The molecule has 0 bridgehead atoms. The van der Waals surface area contributed by atoms with Crippen LogP contribution in [0.1, 0.15) is 46.6 Å². The number of carbonyl (C=O) groups excluding carboxylic acids is 1. The van der Waals surface area contributed by atoms with Crippen LogP contribution in [0.5, 0.6) is 0 Å². The van der Waals surface area contributed by atoms with Crippen LogP contribution in [0.4, 0.5) is 8.78 Å². The lowest BCUT2D eigenvalue weighted by Crippen LogP contribution is -2.44. The largest absolute Gasteiger partial charge is 0.338 e. The molecule has 0 radical (unpaired) electrons. The number of piperidine rings is 1. The number of rotatable bonds is 3. The Bertz CT molecular complexity index is 649. The van der Waals surface area contributed by atoms with Crippen LogP contribution >= 0.6 is 11.3 Å². The number of hydrogen-bond acceptors (Lipinski definition) is 5. The van der Waals surface area contributed by atoms with E-state index in [0.717, 1.165) is 11.3 Å². The van der Waals surface area contributed by atoms with Crippen LogP contribution in [-0.2, 0) is 5.41 Å². The van der Waals surface area contributed by atoms with E-state index in [9.17, 15) is 13.6 Å². The minimum Gasteiger partial charge on any atom is -0.338 e. The van der Waals surface area contributed by atoms with Crippen LogP contribution in [0.25, 0.3) is 0 Å². The molecule has 0 saturated carbocycles. The Hall–Kier alpha value is -1.90. The first-order valence-electron chi connectivity index (χ1n) is 6.91. The number of nitrogens with zero attached hydrogens (tertiary/aromatic N) is 4. The van der Waals surface area contributed by atoms with Crippen molar-refractivity contribution < 1.29 is 13.6 Å². The van der Waals surface area contributed by atoms with E-state index >= 15 is 0 Å². The molecule has 3 heterocycles. The molecule has 1 amide bonds. The number of thiophene rings is 1. The van der Waals surface area contributed by atoms with Crippen molar-refractivity contribution >= 4 is 17.2 Å². The van der Waals surface area contributed by atoms with E-state index in [-0.39, 0.29) is 16.2 Å². The summed E-state index contributed by atoms with van der Waals surface area (Å²) in [6, 6.07) is 2.79. The third kappa shape index (κ3) is 2.72. The summed E-state index contributed by atoms with van der Waals surface area (Å²) >= 11 is 0.859. The highest BCUT2D eigenvalue weighted by molar-refractivity contribution is 7.14. The molecule has 2 aromatic rings. The SMILES string of the molecule is CC1(c2nn[nH]n2)CCN(C(=O)c2ccc(C(F)F)s2)CC1. The first-order valence-corrected chi connectivity index (χ1v) is 7.72. The third-order valence-electron chi connectivity index (χ3n) is 4.09. The van der Waals surface area contributed by atoms with Crippen LogP contribution in [0, 0.1) is 0 Å². The van der Waals surface area contributed by atoms with Crippen molar-refractivity contribution in [3.05, 3.63) is 27.7 Å². The molecule has 2 aromatic heterocycles. The summed E-state index contributed by atoms with van der Waals surface area (Å²) in [5.74, 6) is 0.461. The van der Waals surface area contributed by atoms with E-state index in [1.807, 2.05) is 6.92 Å². The standard InChI is InChI=1S/C13H15F2N5OS/c1-13(12-16-18-19-17-12)4-6-20(7-5-13)11(21)9-3-2-8(22-9)10(14)15/h2-3,10H,4-7H2,1H3,(H,16,17,18,19). The van der Waals surface area contributed by atoms with Gasteiger partial charge in [-0.15, -0.1) is 21.5 Å². The van der Waals surface area contributed by atoms with Crippen LogP contribution in [0.2, 0.25) is 0 Å². The number of hydrogen-bond donors (Lipinski definition) is 1. The van der Waals surface area contributed by atoms with Gasteiger partial charge in [0.1, 0.15) is 0 Å². The number of carbonyl (C=O) groups is 1. The van der Waals surface area contributed by atoms with Crippen LogP contribution in [0.15, 0.2) is 12.1 Å². The number of H-pyrrole nitrogens is 1. The van der Waals surface area contributed by atoms with E-state index < -0.39 is 6.43 Å². The molecule has 118 valence electrons. The zero-order chi connectivity index (χ0) is 15.7. The normalized spacial score (nSPS) is 17.9. The Morgan fingerprint density at radius 1 is 1.41 bits per heavy atom. The summed E-state index contributed by atoms with van der Waals surface area (Å²) in [6.07, 6.45) is -1.11. The Labute approximate surface area is 129 Å². The van der Waals surface area contributed by atoms with Gasteiger partial charge in [0.2, 0.25) is 0 Å². The van der Waals surface area contributed by atoms with Gasteiger partial charge >= 0.3 is 0 Å². The van der Waals surface area contributed by atoms with Crippen molar-refractivity contribution in [2.45, 2.75) is 31.6 Å². The molecule has 0 unspecified atom stereocenters. The van der Waals surface area contributed by atoms with Crippen molar-refractivity contribution in [3.63, 3.8) is 0 Å². The minimum atomic E-state index is -2.53. The van der Waals surface area contributed by atoms with Gasteiger partial charge in [0.15, 0.2) is 5.82 Å². The van der Waals surface area contributed by atoms with Crippen molar-refractivity contribution in [1.29, 1.82) is 0 Å². The lowest BCUT2D eigenvalue weighted by molar-refractivity contribution is 0.0676. The Morgan fingerprint density at radius 3 is 2.68 bits per heavy atom. The number of alkyl halides is 2. The number of halogens is 2. The number of amides is 1. The molecule has 1 saturated heterocycles. The zero-order valence-corrected chi connectivity index (χ0v) is 12.7. The Kier molecular flexibility index (Phi) is 3.90. The maximum Gasteiger partial charge on any atom is 0.272 e. The highest BCUT2D eigenvalue weighted by atomic mass is 32.1. The second kappa shape index (κ2) is 5.71. The predicted octanol–water partition coefficient (Wildman–Crippen LogP) is 2.39. The maximum absolute atomic E-state index is 12.6. The predicted molar refractivity (Wildman–Crippen MR) is 75.9 cm³/mol. The maximum atomic E-state index is 12.6. The highest BCUT2D eigenvalue weighted by Gasteiger charge is 2.37. The van der Waals surface area contributed by atoms with Crippen molar-refractivity contribution in [3.8, 4) is 0 Å². The molecule has 1 aliphatic rings. The molecular weight excluding hydrogens is 312 g/mol. The van der Waals surface area contributed by atoms with Crippen LogP contribution in [0.3, 0.4) is 0 Å². The summed E-state index contributed by atoms with van der Waals surface area (Å²) in [5, 5.41) is 14.1. The molecule has 22 heavy (non-hydrogen) atoms. The number of likely N-dealkylation sites (tertiary alicyclic amines) is 1. The Morgan fingerprint density at radius 2 is 2.14 bits per heavy atom. The van der Waals surface area contributed by atoms with Gasteiger partial charge in [-0.3, -0.25) is 4.79 Å². The van der Waals surface area contributed by atoms with Gasteiger partial charge in [-0.05, 0) is 25.0 Å². The molecule has 9 heteroatoms. The van der Waals surface area contributed by atoms with Crippen LogP contribution in [-0.4, -0.2) is 44.5 Å². The van der Waals surface area contributed by atoms with E-state index in [2.05, 4.69) is 20.6 Å². The molecule has 1 N–H and O–H groups in total. The lowest BCUT2D eigenvalue weighted by Gasteiger charge is -2.37. The molecule has 6 nitrogen and oxygen atoms in total. The number of tetrazole rings is 1. The third-order valence-corrected chi connectivity index (χ3v) is 5.17. The number of nitrogens with one attached hydrogen (secondary N) is 1. The molecule has 1 aliphatic heterocycles. The summed E-state index contributed by atoms with van der Waals surface area (Å²) in [7, 11) is 0. The van der Waals surface area contributed by atoms with Gasteiger partial charge in [-0.2, -0.15) is 5.21 Å². The summed E-state index contributed by atoms with van der Waals surface area (Å²) in [5.41, 5.74) is -0.215. The van der Waals surface area contributed by atoms with Gasteiger partial charge in [0, 0.05) is 18.5 Å². The first kappa shape index (κ1) is 15.0. The van der Waals surface area contributed by atoms with Gasteiger partial charge in [0.25, 0.3) is 12.3 Å². The monoisotopic (exact) mass is 327 g/mol. The molecule has 0 aromatic carbocycles. The Balaban J connectivity index is 1.67. The average Bonchev–Trinajstić information content (AvgIpc) is 3.19. The minimum absolute atomic E-state index is 0.0722. The quantitative estimate of drug-likeness (QED) is 0.939. The zero-order valence-electron chi connectivity index (χ0n) is 11.9. The van der Waals surface area contributed by atoms with E-state index in [1.54, 1.807) is 4.90 Å². The highest BCUT2D eigenvalue weighted by Crippen LogP contribution is 2.34. The summed E-state index contributed by atoms with van der Waals surface area (Å²) in [6.45, 7) is 3.14. The summed E-state index contributed by atoms with van der Waals surface area (Å²) in [4.78, 5) is 14.4. The van der Waals surface area contributed by atoms with Gasteiger partial charge in [0.05, 0.1) is 9.75 Å². The molecule has 3 rings (SSSR count). The van der Waals surface area contributed by atoms with E-state index in [4.69, 9.17) is 0 Å². The van der Waals surface area contributed by atoms with Gasteiger partial charge < -0.3 is 4.90 Å². The van der Waals surface area contributed by atoms with Gasteiger partial charge in [-0.25, -0.2) is 8.78 Å². The van der Waals surface area contributed by atoms with E-state index in [1.165, 1.54) is 12.1 Å². The molecule has 0 spiro atoms. The van der Waals surface area contributed by atoms with Crippen molar-refractivity contribution in [2.24, 2.45) is 0 Å². The molecule has 0 atom stereocenters. The second-order valence-electron chi connectivity index (χ2n) is 5.59. The van der Waals surface area contributed by atoms with Crippen molar-refractivity contribution in [1.82, 2.24) is 25.5 Å². The fraction of sp³-hybridized carbons (Fsp3) is 0.538.